The average Bonchev–Trinajstić information content (AvgIpc) is 2.54. The van der Waals surface area contributed by atoms with Gasteiger partial charge >= 0.3 is 0 Å². The SMILES string of the molecule is CCCCCOc1cccn(CCOc2cccc(N)c2)c1=O. The number of ether oxygens (including phenoxy) is 2. The number of anilines is 1. The average molecular weight is 316 g/mol. The zero-order valence-corrected chi connectivity index (χ0v) is 13.5. The molecule has 0 saturated carbocycles. The summed E-state index contributed by atoms with van der Waals surface area (Å²) in [5.41, 5.74) is 6.23. The molecular weight excluding hydrogens is 292 g/mol. The minimum atomic E-state index is -0.125. The maximum Gasteiger partial charge on any atom is 0.292 e. The molecule has 1 heterocycles. The Kier molecular flexibility index (Phi) is 6.54. The second kappa shape index (κ2) is 8.88. The van der Waals surface area contributed by atoms with Gasteiger partial charge in [0.2, 0.25) is 0 Å². The topological polar surface area (TPSA) is 66.5 Å². The van der Waals surface area contributed by atoms with E-state index in [1.807, 2.05) is 18.2 Å². The summed E-state index contributed by atoms with van der Waals surface area (Å²) >= 11 is 0. The maximum atomic E-state index is 12.3. The van der Waals surface area contributed by atoms with Gasteiger partial charge in [-0.05, 0) is 30.7 Å². The van der Waals surface area contributed by atoms with E-state index in [-0.39, 0.29) is 5.56 Å². The lowest BCUT2D eigenvalue weighted by Gasteiger charge is -2.11. The van der Waals surface area contributed by atoms with E-state index in [0.717, 1.165) is 19.3 Å². The van der Waals surface area contributed by atoms with E-state index in [1.165, 1.54) is 0 Å². The van der Waals surface area contributed by atoms with Crippen molar-refractivity contribution >= 4 is 5.69 Å². The number of hydrogen-bond acceptors (Lipinski definition) is 4. The van der Waals surface area contributed by atoms with Crippen molar-refractivity contribution in [1.82, 2.24) is 4.57 Å². The van der Waals surface area contributed by atoms with Crippen LogP contribution in [0.1, 0.15) is 26.2 Å². The van der Waals surface area contributed by atoms with Gasteiger partial charge < -0.3 is 19.8 Å². The van der Waals surface area contributed by atoms with E-state index in [2.05, 4.69) is 6.92 Å². The molecule has 0 spiro atoms. The zero-order valence-electron chi connectivity index (χ0n) is 13.5. The highest BCUT2D eigenvalue weighted by atomic mass is 16.5. The highest BCUT2D eigenvalue weighted by Crippen LogP contribution is 2.14. The lowest BCUT2D eigenvalue weighted by atomic mass is 10.3. The molecule has 0 radical (unpaired) electrons. The number of nitrogens with zero attached hydrogens (tertiary/aromatic N) is 1. The molecule has 0 atom stereocenters. The summed E-state index contributed by atoms with van der Waals surface area (Å²) in [6, 6.07) is 10.8. The third kappa shape index (κ3) is 5.36. The van der Waals surface area contributed by atoms with Crippen LogP contribution in [0, 0.1) is 0 Å². The van der Waals surface area contributed by atoms with Crippen LogP contribution in [0.4, 0.5) is 5.69 Å². The van der Waals surface area contributed by atoms with E-state index in [9.17, 15) is 4.79 Å². The summed E-state index contributed by atoms with van der Waals surface area (Å²) in [4.78, 5) is 12.3. The second-order valence-corrected chi connectivity index (χ2v) is 5.35. The first-order chi connectivity index (χ1) is 11.2. The molecule has 0 fully saturated rings. The summed E-state index contributed by atoms with van der Waals surface area (Å²) in [5, 5.41) is 0. The highest BCUT2D eigenvalue weighted by molar-refractivity contribution is 5.43. The molecule has 124 valence electrons. The van der Waals surface area contributed by atoms with Crippen LogP contribution in [0.25, 0.3) is 0 Å². The van der Waals surface area contributed by atoms with Crippen molar-refractivity contribution in [3.63, 3.8) is 0 Å². The Labute approximate surface area is 136 Å². The number of benzene rings is 1. The summed E-state index contributed by atoms with van der Waals surface area (Å²) in [5.74, 6) is 1.09. The van der Waals surface area contributed by atoms with Crippen molar-refractivity contribution in [2.24, 2.45) is 0 Å². The van der Waals surface area contributed by atoms with Crippen LogP contribution in [0.5, 0.6) is 11.5 Å². The van der Waals surface area contributed by atoms with Crippen molar-refractivity contribution in [2.75, 3.05) is 18.9 Å². The van der Waals surface area contributed by atoms with Crippen LogP contribution >= 0.6 is 0 Å². The Balaban J connectivity index is 1.88. The molecule has 1 aromatic heterocycles. The molecule has 0 unspecified atom stereocenters. The third-order valence-electron chi connectivity index (χ3n) is 3.45. The normalized spacial score (nSPS) is 10.5. The van der Waals surface area contributed by atoms with E-state index in [4.69, 9.17) is 15.2 Å². The molecule has 5 heteroatoms. The summed E-state index contributed by atoms with van der Waals surface area (Å²) < 4.78 is 12.8. The predicted octanol–water partition coefficient (Wildman–Crippen LogP) is 3.08. The molecule has 2 aromatic rings. The van der Waals surface area contributed by atoms with Crippen LogP contribution in [-0.4, -0.2) is 17.8 Å². The first-order valence-electron chi connectivity index (χ1n) is 8.01. The number of nitrogens with two attached hydrogens (primary N) is 1. The molecule has 1 aromatic carbocycles. The molecule has 0 aliphatic rings. The van der Waals surface area contributed by atoms with Crippen molar-refractivity contribution in [2.45, 2.75) is 32.7 Å². The smallest absolute Gasteiger partial charge is 0.292 e. The highest BCUT2D eigenvalue weighted by Gasteiger charge is 2.04. The van der Waals surface area contributed by atoms with Crippen molar-refractivity contribution in [1.29, 1.82) is 0 Å². The number of aromatic nitrogens is 1. The van der Waals surface area contributed by atoms with Gasteiger partial charge in [0.05, 0.1) is 13.2 Å². The van der Waals surface area contributed by atoms with Crippen molar-refractivity contribution in [3.05, 3.63) is 52.9 Å². The first kappa shape index (κ1) is 16.9. The van der Waals surface area contributed by atoms with Crippen molar-refractivity contribution < 1.29 is 9.47 Å². The van der Waals surface area contributed by atoms with Gasteiger partial charge in [0.15, 0.2) is 5.75 Å². The van der Waals surface area contributed by atoms with Gasteiger partial charge in [0.1, 0.15) is 12.4 Å². The quantitative estimate of drug-likeness (QED) is 0.570. The van der Waals surface area contributed by atoms with Gasteiger partial charge in [-0.1, -0.05) is 25.8 Å². The van der Waals surface area contributed by atoms with Gasteiger partial charge in [-0.3, -0.25) is 4.79 Å². The first-order valence-corrected chi connectivity index (χ1v) is 8.01. The van der Waals surface area contributed by atoms with Gasteiger partial charge in [0.25, 0.3) is 5.56 Å². The van der Waals surface area contributed by atoms with Crippen LogP contribution in [-0.2, 0) is 6.54 Å². The molecule has 2 N–H and O–H groups in total. The van der Waals surface area contributed by atoms with Gasteiger partial charge in [-0.15, -0.1) is 0 Å². The minimum Gasteiger partial charge on any atom is -0.492 e. The molecular formula is C18H24N2O3. The molecule has 0 amide bonds. The molecule has 0 bridgehead atoms. The Morgan fingerprint density at radius 1 is 1.09 bits per heavy atom. The molecule has 2 rings (SSSR count). The van der Waals surface area contributed by atoms with E-state index in [0.29, 0.717) is 36.9 Å². The lowest BCUT2D eigenvalue weighted by Crippen LogP contribution is -2.24. The molecule has 23 heavy (non-hydrogen) atoms. The Morgan fingerprint density at radius 2 is 1.96 bits per heavy atom. The van der Waals surface area contributed by atoms with Crippen LogP contribution in [0.2, 0.25) is 0 Å². The van der Waals surface area contributed by atoms with Crippen LogP contribution < -0.4 is 20.8 Å². The Bertz CT molecular complexity index is 667. The zero-order chi connectivity index (χ0) is 16.5. The second-order valence-electron chi connectivity index (χ2n) is 5.35. The predicted molar refractivity (Wildman–Crippen MR) is 92.1 cm³/mol. The third-order valence-corrected chi connectivity index (χ3v) is 3.45. The van der Waals surface area contributed by atoms with Crippen LogP contribution in [0.3, 0.4) is 0 Å². The fourth-order valence-corrected chi connectivity index (χ4v) is 2.20. The fraction of sp³-hybridized carbons (Fsp3) is 0.389. The lowest BCUT2D eigenvalue weighted by molar-refractivity contribution is 0.284. The summed E-state index contributed by atoms with van der Waals surface area (Å²) in [6.07, 6.45) is 4.94. The molecule has 5 nitrogen and oxygen atoms in total. The largest absolute Gasteiger partial charge is 0.492 e. The molecule has 0 aliphatic heterocycles. The number of hydrogen-bond donors (Lipinski definition) is 1. The molecule has 0 saturated heterocycles. The maximum absolute atomic E-state index is 12.3. The summed E-state index contributed by atoms with van der Waals surface area (Å²) in [6.45, 7) is 3.56. The summed E-state index contributed by atoms with van der Waals surface area (Å²) in [7, 11) is 0. The minimum absolute atomic E-state index is 0.125. The fourth-order valence-electron chi connectivity index (χ4n) is 2.20. The van der Waals surface area contributed by atoms with Gasteiger partial charge in [-0.25, -0.2) is 0 Å². The molecule has 0 aliphatic carbocycles. The Hall–Kier alpha value is -2.43. The van der Waals surface area contributed by atoms with Crippen molar-refractivity contribution in [3.8, 4) is 11.5 Å². The van der Waals surface area contributed by atoms with Gasteiger partial charge in [0, 0.05) is 18.0 Å². The Morgan fingerprint density at radius 3 is 2.74 bits per heavy atom. The van der Waals surface area contributed by atoms with Crippen LogP contribution in [0.15, 0.2) is 47.4 Å². The van der Waals surface area contributed by atoms with Gasteiger partial charge in [-0.2, -0.15) is 0 Å². The number of unbranched alkanes of at least 4 members (excludes halogenated alkanes) is 2. The monoisotopic (exact) mass is 316 g/mol. The standard InChI is InChI=1S/C18H24N2O3/c1-2-3-4-12-23-17-9-6-10-20(18(17)21)11-13-22-16-8-5-7-15(19)14-16/h5-10,14H,2-4,11-13,19H2,1H3. The number of pyridine rings is 1. The number of rotatable bonds is 9. The van der Waals surface area contributed by atoms with E-state index >= 15 is 0 Å². The van der Waals surface area contributed by atoms with E-state index < -0.39 is 0 Å². The van der Waals surface area contributed by atoms with E-state index in [1.54, 1.807) is 29.0 Å². The number of nitrogen functional groups attached to an aromatic ring is 1.